The van der Waals surface area contributed by atoms with E-state index in [0.717, 1.165) is 23.7 Å². The van der Waals surface area contributed by atoms with E-state index in [-0.39, 0.29) is 10.3 Å². The van der Waals surface area contributed by atoms with Gasteiger partial charge in [-0.2, -0.15) is 0 Å². The maximum absolute atomic E-state index is 12.7. The highest BCUT2D eigenvalue weighted by molar-refractivity contribution is 9.10. The van der Waals surface area contributed by atoms with Crippen molar-refractivity contribution in [2.24, 2.45) is 0 Å². The Morgan fingerprint density at radius 2 is 2.00 bits per heavy atom. The first-order valence-electron chi connectivity index (χ1n) is 9.72. The van der Waals surface area contributed by atoms with Crippen molar-refractivity contribution in [3.05, 3.63) is 69.7 Å². The van der Waals surface area contributed by atoms with Crippen LogP contribution in [0.25, 0.3) is 0 Å². The predicted molar refractivity (Wildman–Crippen MR) is 122 cm³/mol. The lowest BCUT2D eigenvalue weighted by Crippen LogP contribution is -2.48. The molecule has 2 aromatic carbocycles. The lowest BCUT2D eigenvalue weighted by atomic mass is 9.63. The Morgan fingerprint density at radius 1 is 1.28 bits per heavy atom. The van der Waals surface area contributed by atoms with Gasteiger partial charge in [0, 0.05) is 40.2 Å². The molecule has 2 atom stereocenters. The van der Waals surface area contributed by atoms with Gasteiger partial charge in [-0.1, -0.05) is 39.7 Å². The molecule has 1 aliphatic carbocycles. The minimum Gasteiger partial charge on any atom is -0.370 e. The average molecular weight is 496 g/mol. The summed E-state index contributed by atoms with van der Waals surface area (Å²) in [5.74, 6) is 0. The van der Waals surface area contributed by atoms with Gasteiger partial charge in [-0.3, -0.25) is 0 Å². The van der Waals surface area contributed by atoms with E-state index < -0.39 is 10.0 Å². The molecule has 0 aromatic heterocycles. The Balaban J connectivity index is 1.63. The summed E-state index contributed by atoms with van der Waals surface area (Å²) in [4.78, 5) is 2.57. The highest BCUT2D eigenvalue weighted by Gasteiger charge is 2.52. The first-order chi connectivity index (χ1) is 13.8. The van der Waals surface area contributed by atoms with Gasteiger partial charge in [0.05, 0.1) is 4.90 Å². The minimum atomic E-state index is -3.59. The van der Waals surface area contributed by atoms with E-state index in [1.807, 2.05) is 0 Å². The zero-order valence-electron chi connectivity index (χ0n) is 16.3. The van der Waals surface area contributed by atoms with Crippen molar-refractivity contribution in [2.45, 2.75) is 42.0 Å². The smallest absolute Gasteiger partial charge is 0.240 e. The molecule has 1 saturated carbocycles. The van der Waals surface area contributed by atoms with Gasteiger partial charge in [-0.15, -0.1) is 0 Å². The van der Waals surface area contributed by atoms with Crippen molar-refractivity contribution in [2.75, 3.05) is 18.5 Å². The van der Waals surface area contributed by atoms with Crippen LogP contribution in [-0.4, -0.2) is 28.1 Å². The van der Waals surface area contributed by atoms with Gasteiger partial charge in [0.2, 0.25) is 10.0 Å². The lowest BCUT2D eigenvalue weighted by molar-refractivity contribution is 0.323. The van der Waals surface area contributed by atoms with Gasteiger partial charge in [0.15, 0.2) is 0 Å². The van der Waals surface area contributed by atoms with Crippen LogP contribution in [0, 0.1) is 0 Å². The van der Waals surface area contributed by atoms with Crippen LogP contribution in [0.15, 0.2) is 64.0 Å². The number of fused-ring (bicyclic) bond motifs is 3. The molecule has 0 bridgehead atoms. The number of sulfonamides is 1. The van der Waals surface area contributed by atoms with Crippen LogP contribution in [0.2, 0.25) is 5.02 Å². The summed E-state index contributed by atoms with van der Waals surface area (Å²) >= 11 is 9.50. The maximum Gasteiger partial charge on any atom is 0.240 e. The molecular formula is C22H24BrClN2O2S. The van der Waals surface area contributed by atoms with Crippen LogP contribution in [0.3, 0.4) is 0 Å². The fourth-order valence-corrected chi connectivity index (χ4v) is 6.53. The van der Waals surface area contributed by atoms with E-state index in [4.69, 9.17) is 11.6 Å². The highest BCUT2D eigenvalue weighted by atomic mass is 79.9. The van der Waals surface area contributed by atoms with Gasteiger partial charge >= 0.3 is 0 Å². The zero-order valence-corrected chi connectivity index (χ0v) is 19.4. The quantitative estimate of drug-likeness (QED) is 0.575. The fraction of sp³-hybridized carbons (Fsp3) is 0.364. The van der Waals surface area contributed by atoms with E-state index in [0.29, 0.717) is 24.0 Å². The lowest BCUT2D eigenvalue weighted by Gasteiger charge is -2.44. The SMILES string of the molecule is C=C1CCCC2N(C)c3ccc(Br)cc3C12CCNS(=O)(=O)c1ccc(Cl)cc1. The van der Waals surface area contributed by atoms with E-state index in [1.54, 1.807) is 12.1 Å². The van der Waals surface area contributed by atoms with Crippen LogP contribution in [0.4, 0.5) is 5.69 Å². The summed E-state index contributed by atoms with van der Waals surface area (Å²) < 4.78 is 29.3. The summed E-state index contributed by atoms with van der Waals surface area (Å²) in [7, 11) is -1.45. The summed E-state index contributed by atoms with van der Waals surface area (Å²) in [6, 6.07) is 12.9. The Kier molecular flexibility index (Phi) is 5.57. The summed E-state index contributed by atoms with van der Waals surface area (Å²) in [6.45, 7) is 4.79. The number of anilines is 1. The molecule has 2 aromatic rings. The second kappa shape index (κ2) is 7.73. The molecule has 1 heterocycles. The van der Waals surface area contributed by atoms with Crippen LogP contribution in [-0.2, 0) is 15.4 Å². The Hall–Kier alpha value is -1.34. The van der Waals surface area contributed by atoms with Crippen molar-refractivity contribution in [1.82, 2.24) is 4.72 Å². The molecule has 1 fully saturated rings. The third-order valence-corrected chi connectivity index (χ3v) is 8.60. The maximum atomic E-state index is 12.7. The van der Waals surface area contributed by atoms with Crippen LogP contribution < -0.4 is 9.62 Å². The second-order valence-corrected chi connectivity index (χ2v) is 11.0. The Morgan fingerprint density at radius 3 is 2.72 bits per heavy atom. The van der Waals surface area contributed by atoms with Crippen molar-refractivity contribution in [1.29, 1.82) is 0 Å². The number of hydrogen-bond acceptors (Lipinski definition) is 3. The molecule has 4 nitrogen and oxygen atoms in total. The molecule has 7 heteroatoms. The molecule has 2 aliphatic rings. The molecule has 4 rings (SSSR count). The molecule has 2 unspecified atom stereocenters. The van der Waals surface area contributed by atoms with E-state index in [9.17, 15) is 8.42 Å². The van der Waals surface area contributed by atoms with E-state index in [2.05, 4.69) is 57.4 Å². The van der Waals surface area contributed by atoms with Crippen molar-refractivity contribution >= 4 is 43.2 Å². The average Bonchev–Trinajstić information content (AvgIpc) is 2.92. The third-order valence-electron chi connectivity index (χ3n) is 6.38. The standard InChI is InChI=1S/C22H24BrClN2O2S/c1-15-4-3-5-21-22(15,19-14-16(23)6-11-20(19)26(21)2)12-13-25-29(27,28)18-9-7-17(24)8-10-18/h6-11,14,21,25H,1,3-5,12-13H2,2H3. The Labute approximate surface area is 186 Å². The van der Waals surface area contributed by atoms with Gasteiger partial charge in [-0.25, -0.2) is 13.1 Å². The van der Waals surface area contributed by atoms with Crippen molar-refractivity contribution < 1.29 is 8.42 Å². The summed E-state index contributed by atoms with van der Waals surface area (Å²) in [5, 5.41) is 0.514. The minimum absolute atomic E-state index is 0.227. The molecule has 1 N–H and O–H groups in total. The molecule has 0 spiro atoms. The van der Waals surface area contributed by atoms with E-state index in [1.165, 1.54) is 29.0 Å². The van der Waals surface area contributed by atoms with Gasteiger partial charge < -0.3 is 4.90 Å². The molecule has 1 aliphatic heterocycles. The van der Waals surface area contributed by atoms with E-state index >= 15 is 0 Å². The van der Waals surface area contributed by atoms with Gasteiger partial charge in [0.25, 0.3) is 0 Å². The number of hydrogen-bond donors (Lipinski definition) is 1. The number of nitrogens with zero attached hydrogens (tertiary/aromatic N) is 1. The predicted octanol–water partition coefficient (Wildman–Crippen LogP) is 5.27. The first kappa shape index (κ1) is 20.9. The molecule has 29 heavy (non-hydrogen) atoms. The molecule has 0 radical (unpaired) electrons. The van der Waals surface area contributed by atoms with Crippen molar-refractivity contribution in [3.63, 3.8) is 0 Å². The fourth-order valence-electron chi connectivity index (χ4n) is 5.01. The molecule has 0 saturated heterocycles. The summed E-state index contributed by atoms with van der Waals surface area (Å²) in [6.07, 6.45) is 3.84. The zero-order chi connectivity index (χ0) is 20.8. The highest BCUT2D eigenvalue weighted by Crippen LogP contribution is 2.55. The number of nitrogens with one attached hydrogen (secondary N) is 1. The van der Waals surface area contributed by atoms with Crippen molar-refractivity contribution in [3.8, 4) is 0 Å². The van der Waals surface area contributed by atoms with Crippen LogP contribution >= 0.6 is 27.5 Å². The summed E-state index contributed by atoms with van der Waals surface area (Å²) in [5.41, 5.74) is 3.41. The monoisotopic (exact) mass is 494 g/mol. The first-order valence-corrected chi connectivity index (χ1v) is 12.4. The van der Waals surface area contributed by atoms with Gasteiger partial charge in [0.1, 0.15) is 0 Å². The normalized spacial score (nSPS) is 23.8. The molecule has 0 amide bonds. The number of likely N-dealkylation sites (N-methyl/N-ethyl adjacent to an activating group) is 1. The molecular weight excluding hydrogens is 472 g/mol. The van der Waals surface area contributed by atoms with Crippen LogP contribution in [0.5, 0.6) is 0 Å². The largest absolute Gasteiger partial charge is 0.370 e. The Bertz CT molecular complexity index is 1050. The number of halogens is 2. The van der Waals surface area contributed by atoms with Crippen LogP contribution in [0.1, 0.15) is 31.2 Å². The second-order valence-electron chi connectivity index (χ2n) is 7.86. The van der Waals surface area contributed by atoms with Gasteiger partial charge in [-0.05, 0) is 73.7 Å². The number of rotatable bonds is 5. The molecule has 154 valence electrons. The topological polar surface area (TPSA) is 49.4 Å². The number of benzene rings is 2. The third kappa shape index (κ3) is 3.54.